The predicted octanol–water partition coefficient (Wildman–Crippen LogP) is 1.71. The van der Waals surface area contributed by atoms with Crippen LogP contribution >= 0.6 is 0 Å². The summed E-state index contributed by atoms with van der Waals surface area (Å²) in [7, 11) is 3.20. The second-order valence-electron chi connectivity index (χ2n) is 4.21. The van der Waals surface area contributed by atoms with Crippen molar-refractivity contribution in [1.82, 2.24) is 5.32 Å². The fourth-order valence-electron chi connectivity index (χ4n) is 1.67. The van der Waals surface area contributed by atoms with Crippen molar-refractivity contribution >= 4 is 0 Å². The van der Waals surface area contributed by atoms with Crippen LogP contribution in [0.3, 0.4) is 0 Å². The van der Waals surface area contributed by atoms with E-state index in [1.807, 2.05) is 12.1 Å². The molecule has 1 aromatic rings. The van der Waals surface area contributed by atoms with Gasteiger partial charge in [0.05, 0.1) is 26.9 Å². The molecule has 2 N–H and O–H groups in total. The average Bonchev–Trinajstić information content (AvgIpc) is 2.43. The molecule has 0 bridgehead atoms. The predicted molar refractivity (Wildman–Crippen MR) is 73.8 cm³/mol. The third kappa shape index (κ3) is 5.46. The van der Waals surface area contributed by atoms with Gasteiger partial charge in [-0.3, -0.25) is 0 Å². The normalized spacial score (nSPS) is 12.4. The molecule has 1 unspecified atom stereocenters. The summed E-state index contributed by atoms with van der Waals surface area (Å²) >= 11 is 0. The zero-order chi connectivity index (χ0) is 14.1. The number of methoxy groups -OCH3 is 2. The summed E-state index contributed by atoms with van der Waals surface area (Å²) in [5.74, 6) is 0.642. The molecule has 0 aliphatic rings. The summed E-state index contributed by atoms with van der Waals surface area (Å²) in [6, 6.07) is 5.52. The van der Waals surface area contributed by atoms with E-state index >= 15 is 0 Å². The highest BCUT2D eigenvalue weighted by atomic mass is 16.5. The zero-order valence-corrected chi connectivity index (χ0v) is 11.8. The number of phenols is 1. The number of rotatable bonds is 9. The zero-order valence-electron chi connectivity index (χ0n) is 11.8. The van der Waals surface area contributed by atoms with Gasteiger partial charge in [-0.05, 0) is 24.6 Å². The number of ether oxygens (including phenoxy) is 3. The fraction of sp³-hybridized carbons (Fsp3) is 0.571. The first kappa shape index (κ1) is 15.8. The number of benzene rings is 1. The van der Waals surface area contributed by atoms with E-state index in [2.05, 4.69) is 12.2 Å². The Kier molecular flexibility index (Phi) is 7.25. The minimum atomic E-state index is 0.154. The summed E-state index contributed by atoms with van der Waals surface area (Å²) in [4.78, 5) is 0. The van der Waals surface area contributed by atoms with Gasteiger partial charge in [-0.2, -0.15) is 0 Å². The van der Waals surface area contributed by atoms with Gasteiger partial charge in [0.1, 0.15) is 0 Å². The molecule has 0 saturated heterocycles. The molecule has 0 aliphatic carbocycles. The van der Waals surface area contributed by atoms with Crippen LogP contribution in [0.25, 0.3) is 0 Å². The molecule has 5 heteroatoms. The summed E-state index contributed by atoms with van der Waals surface area (Å²) in [5, 5.41) is 12.9. The highest BCUT2D eigenvalue weighted by Crippen LogP contribution is 2.28. The minimum absolute atomic E-state index is 0.154. The van der Waals surface area contributed by atoms with E-state index in [0.717, 1.165) is 12.1 Å². The summed E-state index contributed by atoms with van der Waals surface area (Å²) in [5.41, 5.74) is 1.06. The Balaban J connectivity index is 2.34. The van der Waals surface area contributed by atoms with Gasteiger partial charge in [-0.15, -0.1) is 0 Å². The average molecular weight is 269 g/mol. The first-order valence-corrected chi connectivity index (χ1v) is 6.36. The Morgan fingerprint density at radius 2 is 2.00 bits per heavy atom. The van der Waals surface area contributed by atoms with Crippen molar-refractivity contribution in [2.24, 2.45) is 0 Å². The number of hydrogen-bond acceptors (Lipinski definition) is 5. The van der Waals surface area contributed by atoms with E-state index in [9.17, 15) is 5.11 Å². The number of nitrogens with one attached hydrogen (secondary N) is 1. The second-order valence-corrected chi connectivity index (χ2v) is 4.21. The van der Waals surface area contributed by atoms with E-state index in [-0.39, 0.29) is 11.8 Å². The lowest BCUT2D eigenvalue weighted by atomic mass is 10.1. The van der Waals surface area contributed by atoms with E-state index < -0.39 is 0 Å². The van der Waals surface area contributed by atoms with Crippen LogP contribution in [0.4, 0.5) is 0 Å². The van der Waals surface area contributed by atoms with Gasteiger partial charge in [-0.1, -0.05) is 6.07 Å². The number of phenolic OH excluding ortho intramolecular Hbond substituents is 1. The molecule has 108 valence electrons. The molecule has 19 heavy (non-hydrogen) atoms. The van der Waals surface area contributed by atoms with E-state index in [1.165, 1.54) is 0 Å². The molecule has 1 atom stereocenters. The van der Waals surface area contributed by atoms with Gasteiger partial charge < -0.3 is 24.6 Å². The Bertz CT molecular complexity index is 370. The highest BCUT2D eigenvalue weighted by Gasteiger charge is 2.08. The van der Waals surface area contributed by atoms with Crippen molar-refractivity contribution in [1.29, 1.82) is 0 Å². The molecule has 5 nitrogen and oxygen atoms in total. The van der Waals surface area contributed by atoms with Gasteiger partial charge in [-0.25, -0.2) is 0 Å². The van der Waals surface area contributed by atoms with Gasteiger partial charge in [0.2, 0.25) is 0 Å². The van der Waals surface area contributed by atoms with E-state index in [1.54, 1.807) is 20.3 Å². The largest absolute Gasteiger partial charge is 0.504 e. The Morgan fingerprint density at radius 1 is 1.21 bits per heavy atom. The molecule has 0 fully saturated rings. The van der Waals surface area contributed by atoms with E-state index in [4.69, 9.17) is 14.2 Å². The van der Waals surface area contributed by atoms with Crippen molar-refractivity contribution < 1.29 is 19.3 Å². The summed E-state index contributed by atoms with van der Waals surface area (Å²) in [6.07, 6.45) is 0. The van der Waals surface area contributed by atoms with Crippen LogP contribution in [0.1, 0.15) is 18.5 Å². The highest BCUT2D eigenvalue weighted by molar-refractivity contribution is 5.42. The van der Waals surface area contributed by atoms with Crippen molar-refractivity contribution in [3.63, 3.8) is 0 Å². The molecular weight excluding hydrogens is 246 g/mol. The monoisotopic (exact) mass is 269 g/mol. The van der Waals surface area contributed by atoms with Crippen LogP contribution in [-0.2, 0) is 9.47 Å². The van der Waals surface area contributed by atoms with Crippen LogP contribution in [0.15, 0.2) is 18.2 Å². The van der Waals surface area contributed by atoms with Gasteiger partial charge in [0, 0.05) is 19.7 Å². The van der Waals surface area contributed by atoms with Crippen LogP contribution in [-0.4, -0.2) is 45.7 Å². The third-order valence-electron chi connectivity index (χ3n) is 2.83. The summed E-state index contributed by atoms with van der Waals surface area (Å²) < 4.78 is 15.4. The lowest BCUT2D eigenvalue weighted by molar-refractivity contribution is 0.0712. The van der Waals surface area contributed by atoms with Gasteiger partial charge in [0.25, 0.3) is 0 Å². The molecule has 0 spiro atoms. The van der Waals surface area contributed by atoms with Crippen LogP contribution in [0.5, 0.6) is 11.5 Å². The smallest absolute Gasteiger partial charge is 0.160 e. The number of aromatic hydroxyl groups is 1. The standard InChI is InChI=1S/C14H23NO4/c1-11(15-6-7-19-9-8-17-2)12-4-5-13(16)14(10-12)18-3/h4-5,10-11,15-16H,6-9H2,1-3H3. The molecule has 0 aliphatic heterocycles. The molecule has 0 aromatic heterocycles. The topological polar surface area (TPSA) is 60.0 Å². The van der Waals surface area contributed by atoms with Crippen LogP contribution in [0, 0.1) is 0 Å². The van der Waals surface area contributed by atoms with E-state index in [0.29, 0.717) is 25.6 Å². The molecule has 0 radical (unpaired) electrons. The molecule has 1 rings (SSSR count). The van der Waals surface area contributed by atoms with Crippen molar-refractivity contribution in [2.75, 3.05) is 40.6 Å². The van der Waals surface area contributed by atoms with Crippen LogP contribution < -0.4 is 10.1 Å². The maximum Gasteiger partial charge on any atom is 0.160 e. The Labute approximate surface area is 114 Å². The number of hydrogen-bond donors (Lipinski definition) is 2. The third-order valence-corrected chi connectivity index (χ3v) is 2.83. The minimum Gasteiger partial charge on any atom is -0.504 e. The van der Waals surface area contributed by atoms with Crippen LogP contribution in [0.2, 0.25) is 0 Å². The molecule has 1 aromatic carbocycles. The lowest BCUT2D eigenvalue weighted by Crippen LogP contribution is -2.23. The Morgan fingerprint density at radius 3 is 2.68 bits per heavy atom. The van der Waals surface area contributed by atoms with Crippen molar-refractivity contribution in [3.8, 4) is 11.5 Å². The maximum atomic E-state index is 9.54. The first-order chi connectivity index (χ1) is 9.19. The lowest BCUT2D eigenvalue weighted by Gasteiger charge is -2.15. The quantitative estimate of drug-likeness (QED) is 0.668. The molecule has 0 amide bonds. The van der Waals surface area contributed by atoms with Gasteiger partial charge in [0.15, 0.2) is 11.5 Å². The maximum absolute atomic E-state index is 9.54. The molecular formula is C14H23NO4. The SMILES string of the molecule is COCCOCCNC(C)c1ccc(O)c(OC)c1. The molecule has 0 saturated carbocycles. The molecule has 0 heterocycles. The van der Waals surface area contributed by atoms with Gasteiger partial charge >= 0.3 is 0 Å². The van der Waals surface area contributed by atoms with Crippen molar-refractivity contribution in [3.05, 3.63) is 23.8 Å². The Hall–Kier alpha value is -1.30. The first-order valence-electron chi connectivity index (χ1n) is 6.36. The second kappa shape index (κ2) is 8.74. The van der Waals surface area contributed by atoms with Crippen molar-refractivity contribution in [2.45, 2.75) is 13.0 Å². The fourth-order valence-corrected chi connectivity index (χ4v) is 1.67. The summed E-state index contributed by atoms with van der Waals surface area (Å²) in [6.45, 7) is 4.68.